The van der Waals surface area contributed by atoms with Crippen LogP contribution in [0.15, 0.2) is 54.6 Å². The standard InChI is InChI=1S/C26H25FN2O2/c27-22-14-13-21(19-10-4-5-11-20(19)22)25(30)28-23-12-6-9-18-16-29(26(31)24(18)23)15-17-7-2-1-3-8-17/h4-6,9-14,17H,1-3,7-8,15-16H2,(H,28,30). The lowest BCUT2D eigenvalue weighted by molar-refractivity contribution is 0.0738. The molecule has 0 bridgehead atoms. The first-order chi connectivity index (χ1) is 15.1. The molecule has 1 N–H and O–H groups in total. The van der Waals surface area contributed by atoms with E-state index in [4.69, 9.17) is 0 Å². The number of nitrogens with zero attached hydrogens (tertiary/aromatic N) is 1. The summed E-state index contributed by atoms with van der Waals surface area (Å²) in [6.45, 7) is 1.37. The van der Waals surface area contributed by atoms with Crippen molar-refractivity contribution >= 4 is 28.3 Å². The minimum atomic E-state index is -0.360. The number of halogens is 1. The summed E-state index contributed by atoms with van der Waals surface area (Å²) in [5.41, 5.74) is 2.44. The van der Waals surface area contributed by atoms with Crippen LogP contribution in [0.2, 0.25) is 0 Å². The molecule has 4 nitrogen and oxygen atoms in total. The molecule has 0 saturated heterocycles. The first kappa shape index (κ1) is 19.7. The van der Waals surface area contributed by atoms with E-state index in [-0.39, 0.29) is 17.6 Å². The second-order valence-electron chi connectivity index (χ2n) is 8.62. The van der Waals surface area contributed by atoms with E-state index < -0.39 is 0 Å². The minimum Gasteiger partial charge on any atom is -0.334 e. The van der Waals surface area contributed by atoms with Crippen LogP contribution in [0.3, 0.4) is 0 Å². The van der Waals surface area contributed by atoms with Crippen molar-refractivity contribution in [2.45, 2.75) is 38.6 Å². The van der Waals surface area contributed by atoms with Crippen molar-refractivity contribution in [3.8, 4) is 0 Å². The van der Waals surface area contributed by atoms with Gasteiger partial charge in [0.25, 0.3) is 11.8 Å². The number of fused-ring (bicyclic) bond motifs is 2. The van der Waals surface area contributed by atoms with E-state index in [0.717, 1.165) is 12.1 Å². The number of anilines is 1. The topological polar surface area (TPSA) is 49.4 Å². The quantitative estimate of drug-likeness (QED) is 0.587. The molecule has 1 aliphatic heterocycles. The van der Waals surface area contributed by atoms with E-state index in [1.54, 1.807) is 30.3 Å². The number of nitrogens with one attached hydrogen (secondary N) is 1. The molecule has 3 aromatic carbocycles. The van der Waals surface area contributed by atoms with Gasteiger partial charge in [0, 0.05) is 24.0 Å². The molecule has 0 atom stereocenters. The Balaban J connectivity index is 1.40. The summed E-state index contributed by atoms with van der Waals surface area (Å²) in [4.78, 5) is 28.2. The summed E-state index contributed by atoms with van der Waals surface area (Å²) in [5.74, 6) is -0.152. The number of carbonyl (C=O) groups excluding carboxylic acids is 2. The molecule has 31 heavy (non-hydrogen) atoms. The van der Waals surface area contributed by atoms with Crippen LogP contribution < -0.4 is 5.32 Å². The molecule has 0 spiro atoms. The van der Waals surface area contributed by atoms with Gasteiger partial charge in [-0.25, -0.2) is 4.39 Å². The van der Waals surface area contributed by atoms with Gasteiger partial charge in [-0.15, -0.1) is 0 Å². The SMILES string of the molecule is O=C(Nc1cccc2c1C(=O)N(CC1CCCCC1)C2)c1ccc(F)c2ccccc12. The van der Waals surface area contributed by atoms with Crippen LogP contribution in [0.25, 0.3) is 10.8 Å². The molecule has 2 amide bonds. The second kappa shape index (κ2) is 8.14. The van der Waals surface area contributed by atoms with Crippen LogP contribution in [0.1, 0.15) is 58.4 Å². The molecule has 5 heteroatoms. The van der Waals surface area contributed by atoms with E-state index >= 15 is 0 Å². The zero-order valence-corrected chi connectivity index (χ0v) is 17.4. The van der Waals surface area contributed by atoms with Gasteiger partial charge in [-0.05, 0) is 47.9 Å². The van der Waals surface area contributed by atoms with Crippen molar-refractivity contribution in [1.82, 2.24) is 4.90 Å². The summed E-state index contributed by atoms with van der Waals surface area (Å²) < 4.78 is 14.1. The van der Waals surface area contributed by atoms with Gasteiger partial charge in [-0.1, -0.05) is 55.7 Å². The van der Waals surface area contributed by atoms with Crippen LogP contribution in [0, 0.1) is 11.7 Å². The smallest absolute Gasteiger partial charge is 0.256 e. The molecule has 3 aromatic rings. The number of benzene rings is 3. The average molecular weight is 416 g/mol. The zero-order valence-electron chi connectivity index (χ0n) is 17.4. The second-order valence-corrected chi connectivity index (χ2v) is 8.62. The molecule has 0 radical (unpaired) electrons. The monoisotopic (exact) mass is 416 g/mol. The van der Waals surface area contributed by atoms with Gasteiger partial charge < -0.3 is 10.2 Å². The highest BCUT2D eigenvalue weighted by atomic mass is 19.1. The lowest BCUT2D eigenvalue weighted by Crippen LogP contribution is -2.31. The summed E-state index contributed by atoms with van der Waals surface area (Å²) in [6.07, 6.45) is 6.14. The molecule has 158 valence electrons. The normalized spacial score (nSPS) is 16.5. The molecular weight excluding hydrogens is 391 g/mol. The van der Waals surface area contributed by atoms with E-state index in [1.807, 2.05) is 17.0 Å². The van der Waals surface area contributed by atoms with Crippen LogP contribution in [0.4, 0.5) is 10.1 Å². The van der Waals surface area contributed by atoms with Gasteiger partial charge in [0.1, 0.15) is 5.82 Å². The molecule has 1 aliphatic carbocycles. The highest BCUT2D eigenvalue weighted by Crippen LogP contribution is 2.33. The third kappa shape index (κ3) is 3.69. The van der Waals surface area contributed by atoms with Crippen molar-refractivity contribution in [2.75, 3.05) is 11.9 Å². The van der Waals surface area contributed by atoms with Crippen LogP contribution >= 0.6 is 0 Å². The number of hydrogen-bond donors (Lipinski definition) is 1. The molecular formula is C26H25FN2O2. The fourth-order valence-electron chi connectivity index (χ4n) is 5.00. The molecule has 0 unspecified atom stereocenters. The van der Waals surface area contributed by atoms with Gasteiger partial charge in [0.2, 0.25) is 0 Å². The average Bonchev–Trinajstić information content (AvgIpc) is 3.11. The lowest BCUT2D eigenvalue weighted by atomic mass is 9.89. The van der Waals surface area contributed by atoms with Crippen molar-refractivity contribution in [3.05, 3.63) is 77.1 Å². The maximum atomic E-state index is 14.1. The number of rotatable bonds is 4. The Bertz CT molecular complexity index is 1170. The Kier molecular flexibility index (Phi) is 5.18. The van der Waals surface area contributed by atoms with E-state index in [1.165, 1.54) is 44.2 Å². The van der Waals surface area contributed by atoms with E-state index in [2.05, 4.69) is 5.32 Å². The first-order valence-electron chi connectivity index (χ1n) is 11.0. The molecule has 1 fully saturated rings. The van der Waals surface area contributed by atoms with Crippen molar-refractivity contribution in [3.63, 3.8) is 0 Å². The minimum absolute atomic E-state index is 0.0135. The Labute approximate surface area is 181 Å². The maximum absolute atomic E-state index is 14.1. The summed E-state index contributed by atoms with van der Waals surface area (Å²) in [7, 11) is 0. The lowest BCUT2D eigenvalue weighted by Gasteiger charge is -2.26. The Morgan fingerprint density at radius 2 is 1.74 bits per heavy atom. The van der Waals surface area contributed by atoms with Crippen molar-refractivity contribution in [1.29, 1.82) is 0 Å². The third-order valence-electron chi connectivity index (χ3n) is 6.58. The fourth-order valence-corrected chi connectivity index (χ4v) is 5.00. The summed E-state index contributed by atoms with van der Waals surface area (Å²) >= 11 is 0. The van der Waals surface area contributed by atoms with Crippen LogP contribution in [-0.4, -0.2) is 23.3 Å². The molecule has 0 aromatic heterocycles. The number of amides is 2. The van der Waals surface area contributed by atoms with Gasteiger partial charge in [-0.2, -0.15) is 0 Å². The van der Waals surface area contributed by atoms with Gasteiger partial charge in [-0.3, -0.25) is 9.59 Å². The highest BCUT2D eigenvalue weighted by molar-refractivity contribution is 6.15. The Hall–Kier alpha value is -3.21. The molecule has 2 aliphatic rings. The highest BCUT2D eigenvalue weighted by Gasteiger charge is 2.32. The first-order valence-corrected chi connectivity index (χ1v) is 11.0. The zero-order chi connectivity index (χ0) is 21.4. The number of hydrogen-bond acceptors (Lipinski definition) is 2. The largest absolute Gasteiger partial charge is 0.334 e. The predicted molar refractivity (Wildman–Crippen MR) is 120 cm³/mol. The summed E-state index contributed by atoms with van der Waals surface area (Å²) in [5, 5.41) is 3.88. The van der Waals surface area contributed by atoms with Gasteiger partial charge in [0.05, 0.1) is 11.3 Å². The van der Waals surface area contributed by atoms with Crippen LogP contribution in [-0.2, 0) is 6.54 Å². The Morgan fingerprint density at radius 3 is 2.55 bits per heavy atom. The third-order valence-corrected chi connectivity index (χ3v) is 6.58. The van der Waals surface area contributed by atoms with Crippen molar-refractivity contribution in [2.24, 2.45) is 5.92 Å². The van der Waals surface area contributed by atoms with Crippen molar-refractivity contribution < 1.29 is 14.0 Å². The van der Waals surface area contributed by atoms with Crippen LogP contribution in [0.5, 0.6) is 0 Å². The molecule has 5 rings (SSSR count). The Morgan fingerprint density at radius 1 is 0.968 bits per heavy atom. The molecule has 1 heterocycles. The maximum Gasteiger partial charge on any atom is 0.256 e. The summed E-state index contributed by atoms with van der Waals surface area (Å²) in [6, 6.07) is 15.3. The fraction of sp³-hybridized carbons (Fsp3) is 0.308. The molecule has 1 saturated carbocycles. The number of carbonyl (C=O) groups is 2. The van der Waals surface area contributed by atoms with E-state index in [0.29, 0.717) is 40.0 Å². The predicted octanol–water partition coefficient (Wildman–Crippen LogP) is 5.77. The van der Waals surface area contributed by atoms with Gasteiger partial charge >= 0.3 is 0 Å². The van der Waals surface area contributed by atoms with Gasteiger partial charge in [0.15, 0.2) is 0 Å². The van der Waals surface area contributed by atoms with E-state index in [9.17, 15) is 14.0 Å².